The van der Waals surface area contributed by atoms with Crippen LogP contribution in [0.3, 0.4) is 0 Å². The first-order valence-corrected chi connectivity index (χ1v) is 10.6. The van der Waals surface area contributed by atoms with Crippen molar-refractivity contribution in [2.75, 3.05) is 21.7 Å². The van der Waals surface area contributed by atoms with Crippen LogP contribution in [0.4, 0.5) is 35.3 Å². The van der Waals surface area contributed by atoms with Crippen LogP contribution < -0.4 is 15.1 Å². The predicted octanol–water partition coefficient (Wildman–Crippen LogP) is 4.81. The Morgan fingerprint density at radius 2 is 1.94 bits per heavy atom. The average molecular weight is 481 g/mol. The van der Waals surface area contributed by atoms with E-state index < -0.39 is 29.8 Å². The summed E-state index contributed by atoms with van der Waals surface area (Å²) in [4.78, 5) is 36.8. The van der Waals surface area contributed by atoms with E-state index in [1.807, 2.05) is 0 Å². The van der Waals surface area contributed by atoms with Gasteiger partial charge < -0.3 is 9.64 Å². The van der Waals surface area contributed by atoms with Gasteiger partial charge in [0.25, 0.3) is 0 Å². The molecular weight excluding hydrogens is 463 g/mol. The molecule has 35 heavy (non-hydrogen) atoms. The molecule has 1 atom stereocenters. The number of amides is 2. The van der Waals surface area contributed by atoms with E-state index in [4.69, 9.17) is 4.74 Å². The van der Waals surface area contributed by atoms with Crippen LogP contribution in [0, 0.1) is 0 Å². The fourth-order valence-electron chi connectivity index (χ4n) is 4.06. The van der Waals surface area contributed by atoms with E-state index >= 15 is 0 Å². The summed E-state index contributed by atoms with van der Waals surface area (Å²) in [6, 6.07) is 11.8. The molecule has 1 N–H and O–H groups in total. The average Bonchev–Trinajstić information content (AvgIpc) is 3.16. The van der Waals surface area contributed by atoms with Crippen molar-refractivity contribution in [2.45, 2.75) is 19.1 Å². The molecule has 11 heteroatoms. The van der Waals surface area contributed by atoms with Gasteiger partial charge in [-0.15, -0.1) is 0 Å². The number of hydrogen-bond acceptors (Lipinski definition) is 6. The van der Waals surface area contributed by atoms with E-state index in [-0.39, 0.29) is 22.8 Å². The number of rotatable bonds is 3. The third-order valence-corrected chi connectivity index (χ3v) is 5.55. The number of ether oxygens (including phenoxy) is 1. The maximum atomic E-state index is 13.4. The van der Waals surface area contributed by atoms with Crippen LogP contribution in [0.5, 0.6) is 0 Å². The van der Waals surface area contributed by atoms with Gasteiger partial charge in [-0.05, 0) is 36.4 Å². The lowest BCUT2D eigenvalue weighted by atomic mass is 10.1. The summed E-state index contributed by atoms with van der Waals surface area (Å²) in [6.07, 6.45) is -1.37. The standard InChI is InChI=1S/C24H18F3N5O3/c1-14(33)35-20-13-31-12-19(20)32(23(34)30-21-7-2-3-10-28-21)22-18(31)9-8-17(29-22)15-5-4-6-16(11-15)24(25,26)27/h2-11,13,19H,12H2,1H3,(H,28,30,34)/t19-/m1/s1. The summed E-state index contributed by atoms with van der Waals surface area (Å²) >= 11 is 0. The van der Waals surface area contributed by atoms with E-state index in [1.54, 1.807) is 41.4 Å². The van der Waals surface area contributed by atoms with E-state index in [9.17, 15) is 22.8 Å². The van der Waals surface area contributed by atoms with E-state index in [1.165, 1.54) is 30.2 Å². The molecule has 2 bridgehead atoms. The van der Waals surface area contributed by atoms with E-state index in [0.29, 0.717) is 18.1 Å². The molecule has 0 saturated heterocycles. The highest BCUT2D eigenvalue weighted by atomic mass is 19.4. The first-order valence-electron chi connectivity index (χ1n) is 10.6. The Kier molecular flexibility index (Phi) is 5.39. The summed E-state index contributed by atoms with van der Waals surface area (Å²) < 4.78 is 45.1. The van der Waals surface area contributed by atoms with Gasteiger partial charge in [-0.2, -0.15) is 13.2 Å². The lowest BCUT2D eigenvalue weighted by Crippen LogP contribution is -2.50. The molecule has 2 aliphatic rings. The molecule has 0 saturated carbocycles. The number of nitrogens with zero attached hydrogens (tertiary/aromatic N) is 4. The fraction of sp³-hybridized carbons (Fsp3) is 0.167. The summed E-state index contributed by atoms with van der Waals surface area (Å²) in [7, 11) is 0. The smallest absolute Gasteiger partial charge is 0.416 e. The van der Waals surface area contributed by atoms with Crippen molar-refractivity contribution >= 4 is 29.3 Å². The second kappa shape index (κ2) is 8.42. The second-order valence-electron chi connectivity index (χ2n) is 7.93. The molecule has 0 radical (unpaired) electrons. The third-order valence-electron chi connectivity index (χ3n) is 5.55. The number of hydrogen-bond donors (Lipinski definition) is 1. The number of pyridine rings is 2. The molecule has 0 fully saturated rings. The molecule has 2 aromatic heterocycles. The number of esters is 1. The number of urea groups is 1. The molecule has 8 nitrogen and oxygen atoms in total. The Hall–Kier alpha value is -4.41. The second-order valence-corrected chi connectivity index (χ2v) is 7.93. The molecule has 5 rings (SSSR count). The molecule has 2 amide bonds. The van der Waals surface area contributed by atoms with Gasteiger partial charge in [-0.3, -0.25) is 15.0 Å². The summed E-state index contributed by atoms with van der Waals surface area (Å²) in [5.74, 6) is 0.221. The molecule has 0 aliphatic carbocycles. The fourth-order valence-corrected chi connectivity index (χ4v) is 4.06. The maximum Gasteiger partial charge on any atom is 0.416 e. The highest BCUT2D eigenvalue weighted by Gasteiger charge is 2.43. The van der Waals surface area contributed by atoms with Crippen molar-refractivity contribution < 1.29 is 27.5 Å². The van der Waals surface area contributed by atoms with Crippen molar-refractivity contribution in [1.29, 1.82) is 0 Å². The van der Waals surface area contributed by atoms with Crippen LogP contribution >= 0.6 is 0 Å². The van der Waals surface area contributed by atoms with Gasteiger partial charge in [0.05, 0.1) is 23.5 Å². The van der Waals surface area contributed by atoms with Crippen LogP contribution in [0.25, 0.3) is 11.3 Å². The number of aromatic nitrogens is 2. The number of nitrogens with one attached hydrogen (secondary N) is 1. The number of anilines is 3. The Morgan fingerprint density at radius 1 is 1.11 bits per heavy atom. The minimum Gasteiger partial charge on any atom is -0.427 e. The Labute approximate surface area is 197 Å². The molecular formula is C24H18F3N5O3. The zero-order chi connectivity index (χ0) is 24.7. The molecule has 178 valence electrons. The van der Waals surface area contributed by atoms with Gasteiger partial charge in [-0.25, -0.2) is 14.8 Å². The van der Waals surface area contributed by atoms with Gasteiger partial charge in [-0.1, -0.05) is 18.2 Å². The molecule has 0 spiro atoms. The van der Waals surface area contributed by atoms with Crippen molar-refractivity contribution in [3.63, 3.8) is 0 Å². The first-order chi connectivity index (χ1) is 16.7. The minimum atomic E-state index is -4.51. The van der Waals surface area contributed by atoms with Crippen LogP contribution in [0.2, 0.25) is 0 Å². The number of carbonyl (C=O) groups excluding carboxylic acids is 2. The highest BCUT2D eigenvalue weighted by Crippen LogP contribution is 2.42. The lowest BCUT2D eigenvalue weighted by Gasteiger charge is -2.36. The number of carbonyl (C=O) groups is 2. The van der Waals surface area contributed by atoms with Crippen LogP contribution in [-0.2, 0) is 15.7 Å². The largest absolute Gasteiger partial charge is 0.427 e. The van der Waals surface area contributed by atoms with Gasteiger partial charge in [0, 0.05) is 24.9 Å². The zero-order valence-electron chi connectivity index (χ0n) is 18.3. The SMILES string of the molecule is CC(=O)OC1=CN2C[C@H]1N(C(=O)Nc1ccccn1)c1nc(-c3cccc(C(F)(F)F)c3)ccc12. The van der Waals surface area contributed by atoms with Crippen molar-refractivity contribution in [1.82, 2.24) is 9.97 Å². The van der Waals surface area contributed by atoms with Crippen molar-refractivity contribution in [3.05, 3.63) is 78.3 Å². The minimum absolute atomic E-state index is 0.211. The number of halogens is 3. The normalized spacial score (nSPS) is 16.5. The zero-order valence-corrected chi connectivity index (χ0v) is 18.3. The highest BCUT2D eigenvalue weighted by molar-refractivity contribution is 6.05. The van der Waals surface area contributed by atoms with Gasteiger partial charge in [0.2, 0.25) is 0 Å². The molecule has 0 unspecified atom stereocenters. The Balaban J connectivity index is 1.58. The molecule has 1 aromatic carbocycles. The number of fused-ring (bicyclic) bond motifs is 4. The summed E-state index contributed by atoms with van der Waals surface area (Å²) in [5, 5.41) is 2.70. The number of benzene rings is 1. The summed E-state index contributed by atoms with van der Waals surface area (Å²) in [5.41, 5.74) is 0.230. The number of alkyl halides is 3. The van der Waals surface area contributed by atoms with Gasteiger partial charge in [0.15, 0.2) is 5.82 Å². The molecule has 2 aliphatic heterocycles. The van der Waals surface area contributed by atoms with Crippen molar-refractivity contribution in [2.24, 2.45) is 0 Å². The molecule has 4 heterocycles. The van der Waals surface area contributed by atoms with Crippen LogP contribution in [0.1, 0.15) is 12.5 Å². The Bertz CT molecular complexity index is 1340. The van der Waals surface area contributed by atoms with Gasteiger partial charge >= 0.3 is 18.2 Å². The predicted molar refractivity (Wildman–Crippen MR) is 121 cm³/mol. The molecule has 3 aromatic rings. The van der Waals surface area contributed by atoms with E-state index in [2.05, 4.69) is 15.3 Å². The maximum absolute atomic E-state index is 13.4. The Morgan fingerprint density at radius 3 is 2.66 bits per heavy atom. The topological polar surface area (TPSA) is 87.7 Å². The van der Waals surface area contributed by atoms with Crippen molar-refractivity contribution in [3.8, 4) is 11.3 Å². The first kappa shape index (κ1) is 22.4. The monoisotopic (exact) mass is 481 g/mol. The van der Waals surface area contributed by atoms with Crippen LogP contribution in [-0.4, -0.2) is 34.6 Å². The third kappa shape index (κ3) is 4.27. The quantitative estimate of drug-likeness (QED) is 0.541. The van der Waals surface area contributed by atoms with E-state index in [0.717, 1.165) is 12.1 Å². The van der Waals surface area contributed by atoms with Crippen LogP contribution in [0.15, 0.2) is 72.8 Å². The summed E-state index contributed by atoms with van der Waals surface area (Å²) in [6.45, 7) is 1.57. The van der Waals surface area contributed by atoms with Gasteiger partial charge in [0.1, 0.15) is 17.6 Å². The lowest BCUT2D eigenvalue weighted by molar-refractivity contribution is -0.138.